The lowest BCUT2D eigenvalue weighted by Crippen LogP contribution is -2.43. The van der Waals surface area contributed by atoms with E-state index in [1.54, 1.807) is 0 Å². The Morgan fingerprint density at radius 1 is 1.00 bits per heavy atom. The van der Waals surface area contributed by atoms with Crippen molar-refractivity contribution in [3.63, 3.8) is 0 Å². The maximum absolute atomic E-state index is 6.62. The van der Waals surface area contributed by atoms with Crippen LogP contribution in [0.4, 0.5) is 0 Å². The van der Waals surface area contributed by atoms with Crippen LogP contribution in [0.25, 0.3) is 0 Å². The minimum Gasteiger partial charge on any atom is -0.412 e. The molecule has 0 radical (unpaired) electrons. The van der Waals surface area contributed by atoms with Crippen molar-refractivity contribution < 1.29 is 4.43 Å². The molecule has 0 amide bonds. The van der Waals surface area contributed by atoms with E-state index in [9.17, 15) is 0 Å². The van der Waals surface area contributed by atoms with Gasteiger partial charge in [-0.15, -0.1) is 0 Å². The van der Waals surface area contributed by atoms with Gasteiger partial charge in [-0.05, 0) is 51.9 Å². The van der Waals surface area contributed by atoms with Gasteiger partial charge in [0.05, 0.1) is 5.60 Å². The highest BCUT2D eigenvalue weighted by molar-refractivity contribution is 6.71. The van der Waals surface area contributed by atoms with Gasteiger partial charge in [-0.2, -0.15) is 0 Å². The molecule has 110 valence electrons. The van der Waals surface area contributed by atoms with Gasteiger partial charge in [0.15, 0.2) is 8.32 Å². The number of unbranched alkanes of at least 4 members (excludes halogenated alkanes) is 2. The van der Waals surface area contributed by atoms with Crippen molar-refractivity contribution in [3.8, 4) is 0 Å². The van der Waals surface area contributed by atoms with Crippen molar-refractivity contribution >= 4 is 8.32 Å². The fraction of sp³-hybridized carbons (Fsp3) is 1.00. The summed E-state index contributed by atoms with van der Waals surface area (Å²) >= 11 is 0. The van der Waals surface area contributed by atoms with E-state index in [-0.39, 0.29) is 5.60 Å². The van der Waals surface area contributed by atoms with E-state index in [2.05, 4.69) is 33.9 Å². The third-order valence-electron chi connectivity index (χ3n) is 3.62. The predicted molar refractivity (Wildman–Crippen MR) is 84.5 cm³/mol. The van der Waals surface area contributed by atoms with Crippen LogP contribution in [0.3, 0.4) is 0 Å². The molecule has 0 bridgehead atoms. The van der Waals surface area contributed by atoms with E-state index >= 15 is 0 Å². The fourth-order valence-corrected chi connectivity index (χ4v) is 5.27. The molecule has 0 fully saturated rings. The zero-order valence-corrected chi connectivity index (χ0v) is 14.3. The van der Waals surface area contributed by atoms with Gasteiger partial charge in [-0.25, -0.2) is 0 Å². The molecule has 0 aromatic rings. The SMILES string of the molecule is CCCCC(C)(CCCC)O[Si](C)(C)CCCN. The Morgan fingerprint density at radius 2 is 1.50 bits per heavy atom. The summed E-state index contributed by atoms with van der Waals surface area (Å²) in [5.74, 6) is 0. The largest absolute Gasteiger partial charge is 0.412 e. The molecule has 0 unspecified atom stereocenters. The molecular weight excluding hydrogens is 238 g/mol. The average molecular weight is 274 g/mol. The first-order valence-electron chi connectivity index (χ1n) is 7.79. The fourth-order valence-electron chi connectivity index (χ4n) is 2.57. The standard InChI is InChI=1S/C15H35NOSi/c1-6-8-11-15(3,12-9-7-2)17-18(4,5)14-10-13-16/h6-14,16H2,1-5H3. The Balaban J connectivity index is 4.44. The lowest BCUT2D eigenvalue weighted by atomic mass is 9.93. The van der Waals surface area contributed by atoms with Crippen molar-refractivity contribution in [2.45, 2.75) is 90.5 Å². The lowest BCUT2D eigenvalue weighted by Gasteiger charge is -2.38. The smallest absolute Gasteiger partial charge is 0.187 e. The molecule has 3 heteroatoms. The zero-order valence-electron chi connectivity index (χ0n) is 13.3. The van der Waals surface area contributed by atoms with E-state index < -0.39 is 8.32 Å². The maximum atomic E-state index is 6.62. The van der Waals surface area contributed by atoms with Crippen LogP contribution in [0, 0.1) is 0 Å². The van der Waals surface area contributed by atoms with Gasteiger partial charge in [0.1, 0.15) is 0 Å². The third kappa shape index (κ3) is 8.28. The second-order valence-electron chi connectivity index (χ2n) is 6.41. The highest BCUT2D eigenvalue weighted by Crippen LogP contribution is 2.31. The molecule has 0 aliphatic rings. The Kier molecular flexibility index (Phi) is 9.18. The van der Waals surface area contributed by atoms with Gasteiger partial charge in [0, 0.05) is 0 Å². The third-order valence-corrected chi connectivity index (χ3v) is 6.23. The van der Waals surface area contributed by atoms with E-state index in [1.807, 2.05) is 0 Å². The predicted octanol–water partition coefficient (Wildman–Crippen LogP) is 4.70. The van der Waals surface area contributed by atoms with Crippen LogP contribution in [0.2, 0.25) is 19.1 Å². The van der Waals surface area contributed by atoms with Gasteiger partial charge in [-0.3, -0.25) is 0 Å². The van der Waals surface area contributed by atoms with Gasteiger partial charge >= 0.3 is 0 Å². The average Bonchev–Trinajstić information content (AvgIpc) is 2.31. The van der Waals surface area contributed by atoms with Crippen LogP contribution in [0.15, 0.2) is 0 Å². The van der Waals surface area contributed by atoms with Gasteiger partial charge < -0.3 is 10.2 Å². The van der Waals surface area contributed by atoms with Gasteiger partial charge in [-0.1, -0.05) is 39.5 Å². The molecule has 0 aromatic heterocycles. The van der Waals surface area contributed by atoms with Crippen molar-refractivity contribution in [3.05, 3.63) is 0 Å². The summed E-state index contributed by atoms with van der Waals surface area (Å²) in [6.45, 7) is 12.3. The Labute approximate surface area is 116 Å². The molecule has 0 aliphatic heterocycles. The minimum absolute atomic E-state index is 0.107. The van der Waals surface area contributed by atoms with Crippen molar-refractivity contribution in [2.75, 3.05) is 6.54 Å². The number of rotatable bonds is 11. The monoisotopic (exact) mass is 273 g/mol. The second-order valence-corrected chi connectivity index (χ2v) is 10.6. The molecule has 0 spiro atoms. The Morgan fingerprint density at radius 3 is 1.89 bits per heavy atom. The number of hydrogen-bond acceptors (Lipinski definition) is 2. The van der Waals surface area contributed by atoms with E-state index in [1.165, 1.54) is 44.6 Å². The van der Waals surface area contributed by atoms with Crippen LogP contribution in [-0.2, 0) is 4.43 Å². The van der Waals surface area contributed by atoms with E-state index in [4.69, 9.17) is 10.2 Å². The lowest BCUT2D eigenvalue weighted by molar-refractivity contribution is 0.0551. The number of nitrogens with two attached hydrogens (primary N) is 1. The topological polar surface area (TPSA) is 35.2 Å². The van der Waals surface area contributed by atoms with Crippen LogP contribution < -0.4 is 5.73 Å². The van der Waals surface area contributed by atoms with Crippen molar-refractivity contribution in [1.82, 2.24) is 0 Å². The molecule has 0 rings (SSSR count). The van der Waals surface area contributed by atoms with E-state index in [0.29, 0.717) is 0 Å². The summed E-state index contributed by atoms with van der Waals surface area (Å²) < 4.78 is 6.62. The Hall–Kier alpha value is 0.137. The summed E-state index contributed by atoms with van der Waals surface area (Å²) in [7, 11) is -1.54. The molecular formula is C15H35NOSi. The summed E-state index contributed by atoms with van der Waals surface area (Å²) in [6.07, 6.45) is 8.61. The van der Waals surface area contributed by atoms with E-state index in [0.717, 1.165) is 13.0 Å². The summed E-state index contributed by atoms with van der Waals surface area (Å²) in [6, 6.07) is 1.19. The summed E-state index contributed by atoms with van der Waals surface area (Å²) in [5, 5.41) is 0. The first kappa shape index (κ1) is 18.1. The molecule has 0 saturated heterocycles. The van der Waals surface area contributed by atoms with Crippen molar-refractivity contribution in [1.29, 1.82) is 0 Å². The summed E-state index contributed by atoms with van der Waals surface area (Å²) in [5.41, 5.74) is 5.73. The second kappa shape index (κ2) is 9.11. The quantitative estimate of drug-likeness (QED) is 0.554. The molecule has 0 atom stereocenters. The maximum Gasteiger partial charge on any atom is 0.187 e. The normalized spacial score (nSPS) is 13.0. The van der Waals surface area contributed by atoms with Crippen LogP contribution in [-0.4, -0.2) is 20.5 Å². The zero-order chi connectivity index (χ0) is 14.1. The molecule has 0 saturated carbocycles. The first-order valence-corrected chi connectivity index (χ1v) is 10.9. The van der Waals surface area contributed by atoms with Gasteiger partial charge in [0.2, 0.25) is 0 Å². The minimum atomic E-state index is -1.54. The highest BCUT2D eigenvalue weighted by Gasteiger charge is 2.33. The summed E-state index contributed by atoms with van der Waals surface area (Å²) in [4.78, 5) is 0. The molecule has 2 nitrogen and oxygen atoms in total. The Bertz CT molecular complexity index is 199. The molecule has 0 heterocycles. The van der Waals surface area contributed by atoms with Gasteiger partial charge in [0.25, 0.3) is 0 Å². The van der Waals surface area contributed by atoms with Crippen molar-refractivity contribution in [2.24, 2.45) is 5.73 Å². The first-order chi connectivity index (χ1) is 8.39. The molecule has 0 aromatic carbocycles. The molecule has 2 N–H and O–H groups in total. The highest BCUT2D eigenvalue weighted by atomic mass is 28.4. The van der Waals surface area contributed by atoms with Crippen LogP contribution in [0.1, 0.15) is 65.7 Å². The molecule has 0 aliphatic carbocycles. The van der Waals surface area contributed by atoms with Crippen LogP contribution in [0.5, 0.6) is 0 Å². The molecule has 18 heavy (non-hydrogen) atoms. The van der Waals surface area contributed by atoms with Crippen LogP contribution >= 0.6 is 0 Å². The number of hydrogen-bond donors (Lipinski definition) is 1.